The lowest BCUT2D eigenvalue weighted by molar-refractivity contribution is -0.143. The second-order valence-electron chi connectivity index (χ2n) is 7.85. The Labute approximate surface area is 197 Å². The summed E-state index contributed by atoms with van der Waals surface area (Å²) in [6.45, 7) is 1.45. The number of ether oxygens (including phenoxy) is 1. The van der Waals surface area contributed by atoms with E-state index in [2.05, 4.69) is 5.32 Å². The number of halogens is 3. The highest BCUT2D eigenvalue weighted by Crippen LogP contribution is 2.27. The molecule has 2 aromatic rings. The van der Waals surface area contributed by atoms with Crippen LogP contribution in [0.5, 0.6) is 5.75 Å². The second-order valence-corrected chi connectivity index (χ2v) is 8.67. The van der Waals surface area contributed by atoms with E-state index < -0.39 is 24.4 Å². The smallest absolute Gasteiger partial charge is 0.261 e. The molecule has 32 heavy (non-hydrogen) atoms. The summed E-state index contributed by atoms with van der Waals surface area (Å²) in [6, 6.07) is 10.3. The highest BCUT2D eigenvalue weighted by molar-refractivity contribution is 6.36. The van der Waals surface area contributed by atoms with Gasteiger partial charge >= 0.3 is 0 Å². The number of hydrogen-bond donors (Lipinski definition) is 1. The number of nitrogens with zero attached hydrogens (tertiary/aromatic N) is 1. The van der Waals surface area contributed by atoms with Crippen molar-refractivity contribution in [2.24, 2.45) is 0 Å². The molecule has 3 rings (SSSR count). The molecule has 1 atom stereocenters. The molecule has 2 amide bonds. The van der Waals surface area contributed by atoms with E-state index in [0.717, 1.165) is 25.7 Å². The third-order valence-corrected chi connectivity index (χ3v) is 6.37. The molecule has 1 aliphatic carbocycles. The second kappa shape index (κ2) is 11.5. The van der Waals surface area contributed by atoms with Gasteiger partial charge in [-0.2, -0.15) is 0 Å². The summed E-state index contributed by atoms with van der Waals surface area (Å²) in [7, 11) is 0. The van der Waals surface area contributed by atoms with Crippen LogP contribution in [0.3, 0.4) is 0 Å². The van der Waals surface area contributed by atoms with Crippen molar-refractivity contribution >= 4 is 35.0 Å². The zero-order valence-corrected chi connectivity index (χ0v) is 19.5. The van der Waals surface area contributed by atoms with Gasteiger partial charge in [0.05, 0.1) is 0 Å². The maximum absolute atomic E-state index is 13.9. The first-order valence-corrected chi connectivity index (χ1v) is 11.6. The van der Waals surface area contributed by atoms with Crippen LogP contribution in [0.1, 0.15) is 44.6 Å². The van der Waals surface area contributed by atoms with Crippen LogP contribution in [-0.2, 0) is 16.1 Å². The average Bonchev–Trinajstić information content (AvgIpc) is 3.27. The number of hydrogen-bond acceptors (Lipinski definition) is 3. The molecule has 1 fully saturated rings. The van der Waals surface area contributed by atoms with Crippen LogP contribution < -0.4 is 10.1 Å². The van der Waals surface area contributed by atoms with E-state index in [0.29, 0.717) is 22.0 Å². The van der Waals surface area contributed by atoms with Gasteiger partial charge in [-0.1, -0.05) is 61.2 Å². The molecule has 1 saturated carbocycles. The highest BCUT2D eigenvalue weighted by Gasteiger charge is 2.31. The summed E-state index contributed by atoms with van der Waals surface area (Å²) in [6.07, 6.45) is 4.42. The zero-order chi connectivity index (χ0) is 23.1. The van der Waals surface area contributed by atoms with Crippen LogP contribution in [0.2, 0.25) is 10.0 Å². The van der Waals surface area contributed by atoms with Crippen LogP contribution in [0.4, 0.5) is 4.39 Å². The number of benzene rings is 2. The number of amides is 2. The molecule has 8 heteroatoms. The molecule has 0 saturated heterocycles. The van der Waals surface area contributed by atoms with Gasteiger partial charge in [0.15, 0.2) is 18.2 Å². The molecule has 0 bridgehead atoms. The first kappa shape index (κ1) is 24.3. The summed E-state index contributed by atoms with van der Waals surface area (Å²) in [5.74, 6) is -1.27. The van der Waals surface area contributed by atoms with E-state index in [1.807, 2.05) is 6.92 Å². The SMILES string of the molecule is CC[C@H](C(=O)NC1CCCC1)N(Cc1c(Cl)cccc1Cl)C(=O)COc1ccccc1F. The molecule has 1 N–H and O–H groups in total. The molecule has 0 unspecified atom stereocenters. The highest BCUT2D eigenvalue weighted by atomic mass is 35.5. The number of nitrogens with one attached hydrogen (secondary N) is 1. The molecular weight excluding hydrogens is 454 g/mol. The topological polar surface area (TPSA) is 58.6 Å². The lowest BCUT2D eigenvalue weighted by Gasteiger charge is -2.32. The average molecular weight is 481 g/mol. The quantitative estimate of drug-likeness (QED) is 0.524. The Hall–Kier alpha value is -2.31. The number of carbonyl (C=O) groups is 2. The van der Waals surface area contributed by atoms with Crippen LogP contribution in [0, 0.1) is 5.82 Å². The molecule has 0 aliphatic heterocycles. The monoisotopic (exact) mass is 480 g/mol. The Morgan fingerprint density at radius 3 is 2.41 bits per heavy atom. The largest absolute Gasteiger partial charge is 0.481 e. The van der Waals surface area contributed by atoms with E-state index in [1.54, 1.807) is 24.3 Å². The molecule has 0 radical (unpaired) electrons. The first-order chi connectivity index (χ1) is 15.4. The van der Waals surface area contributed by atoms with Gasteiger partial charge in [-0.25, -0.2) is 4.39 Å². The van der Waals surface area contributed by atoms with Crippen LogP contribution in [0.25, 0.3) is 0 Å². The van der Waals surface area contributed by atoms with E-state index in [9.17, 15) is 14.0 Å². The summed E-state index contributed by atoms with van der Waals surface area (Å²) in [5, 5.41) is 3.86. The first-order valence-electron chi connectivity index (χ1n) is 10.8. The van der Waals surface area contributed by atoms with Gasteiger partial charge in [0.1, 0.15) is 6.04 Å². The van der Waals surface area contributed by atoms with E-state index in [1.165, 1.54) is 23.1 Å². The lowest BCUT2D eigenvalue weighted by atomic mass is 10.1. The standard InChI is InChI=1S/C24H27Cl2FN2O3/c1-2-21(24(31)28-16-8-3-4-9-16)29(14-17-18(25)10-7-11-19(17)26)23(30)15-32-22-13-6-5-12-20(22)27/h5-7,10-13,16,21H,2-4,8-9,14-15H2,1H3,(H,28,31)/t21-/m1/s1. The Morgan fingerprint density at radius 2 is 1.78 bits per heavy atom. The fourth-order valence-electron chi connectivity index (χ4n) is 3.92. The van der Waals surface area contributed by atoms with Crippen LogP contribution >= 0.6 is 23.2 Å². The van der Waals surface area contributed by atoms with Crippen LogP contribution in [0.15, 0.2) is 42.5 Å². The van der Waals surface area contributed by atoms with Crippen molar-refractivity contribution < 1.29 is 18.7 Å². The molecule has 2 aromatic carbocycles. The van der Waals surface area contributed by atoms with Gasteiger partial charge in [-0.05, 0) is 43.5 Å². The number of para-hydroxylation sites is 1. The van der Waals surface area contributed by atoms with Crippen molar-refractivity contribution in [3.8, 4) is 5.75 Å². The van der Waals surface area contributed by atoms with E-state index >= 15 is 0 Å². The van der Waals surface area contributed by atoms with Crippen molar-refractivity contribution in [3.63, 3.8) is 0 Å². The molecule has 0 spiro atoms. The molecular formula is C24H27Cl2FN2O3. The molecule has 0 aromatic heterocycles. The maximum Gasteiger partial charge on any atom is 0.261 e. The van der Waals surface area contributed by atoms with Gasteiger partial charge < -0.3 is 15.0 Å². The summed E-state index contributed by atoms with van der Waals surface area (Å²) < 4.78 is 19.3. The van der Waals surface area contributed by atoms with Crippen molar-refractivity contribution in [1.82, 2.24) is 10.2 Å². The minimum Gasteiger partial charge on any atom is -0.481 e. The van der Waals surface area contributed by atoms with Crippen molar-refractivity contribution in [3.05, 3.63) is 63.9 Å². The Bertz CT molecular complexity index is 930. The predicted octanol–water partition coefficient (Wildman–Crippen LogP) is 5.38. The van der Waals surface area contributed by atoms with Crippen molar-refractivity contribution in [2.45, 2.75) is 57.7 Å². The van der Waals surface area contributed by atoms with Gasteiger partial charge in [0.25, 0.3) is 5.91 Å². The third kappa shape index (κ3) is 6.14. The summed E-state index contributed by atoms with van der Waals surface area (Å²) in [4.78, 5) is 27.7. The van der Waals surface area contributed by atoms with Crippen molar-refractivity contribution in [2.75, 3.05) is 6.61 Å². The predicted molar refractivity (Wildman–Crippen MR) is 123 cm³/mol. The Morgan fingerprint density at radius 1 is 1.12 bits per heavy atom. The van der Waals surface area contributed by atoms with Gasteiger partial charge in [-0.3, -0.25) is 9.59 Å². The molecule has 0 heterocycles. The fourth-order valence-corrected chi connectivity index (χ4v) is 4.44. The summed E-state index contributed by atoms with van der Waals surface area (Å²) >= 11 is 12.7. The van der Waals surface area contributed by atoms with Gasteiger partial charge in [-0.15, -0.1) is 0 Å². The Balaban J connectivity index is 1.82. The number of rotatable bonds is 9. The van der Waals surface area contributed by atoms with Crippen LogP contribution in [-0.4, -0.2) is 35.4 Å². The summed E-state index contributed by atoms with van der Waals surface area (Å²) in [5.41, 5.74) is 0.544. The van der Waals surface area contributed by atoms with E-state index in [4.69, 9.17) is 27.9 Å². The molecule has 172 valence electrons. The fraction of sp³-hybridized carbons (Fsp3) is 0.417. The van der Waals surface area contributed by atoms with E-state index in [-0.39, 0.29) is 24.2 Å². The minimum absolute atomic E-state index is 0.0277. The molecule has 1 aliphatic rings. The Kier molecular flexibility index (Phi) is 8.76. The third-order valence-electron chi connectivity index (χ3n) is 5.67. The van der Waals surface area contributed by atoms with Gasteiger partial charge in [0.2, 0.25) is 5.91 Å². The lowest BCUT2D eigenvalue weighted by Crippen LogP contribution is -2.52. The van der Waals surface area contributed by atoms with Crippen molar-refractivity contribution in [1.29, 1.82) is 0 Å². The molecule has 5 nitrogen and oxygen atoms in total. The maximum atomic E-state index is 13.9. The van der Waals surface area contributed by atoms with Gasteiger partial charge in [0, 0.05) is 28.2 Å². The minimum atomic E-state index is -0.736. The normalized spacial score (nSPS) is 14.8. The number of carbonyl (C=O) groups excluding carboxylic acids is 2. The zero-order valence-electron chi connectivity index (χ0n) is 18.0.